The lowest BCUT2D eigenvalue weighted by molar-refractivity contribution is -0.141. The van der Waals surface area contributed by atoms with Crippen LogP contribution in [-0.2, 0) is 6.18 Å². The molecule has 0 spiro atoms. The molecular weight excluding hydrogens is 237 g/mol. The van der Waals surface area contributed by atoms with Crippen molar-refractivity contribution in [2.24, 2.45) is 0 Å². The van der Waals surface area contributed by atoms with Gasteiger partial charge in [-0.2, -0.15) is 18.3 Å². The highest BCUT2D eigenvalue weighted by molar-refractivity contribution is 5.51. The zero-order chi connectivity index (χ0) is 12.5. The Morgan fingerprint density at radius 2 is 1.82 bits per heavy atom. The van der Waals surface area contributed by atoms with Crippen molar-refractivity contribution >= 4 is 0 Å². The lowest BCUT2D eigenvalue weighted by Gasteiger charge is -2.04. The van der Waals surface area contributed by atoms with Crippen LogP contribution in [0.1, 0.15) is 5.69 Å². The summed E-state index contributed by atoms with van der Waals surface area (Å²) >= 11 is 0. The molecule has 0 aliphatic carbocycles. The van der Waals surface area contributed by atoms with E-state index in [9.17, 15) is 18.0 Å². The third-order valence-corrected chi connectivity index (χ3v) is 1.88. The van der Waals surface area contributed by atoms with Gasteiger partial charge in [-0.05, 0) is 6.07 Å². The molecule has 2 rings (SSSR count). The minimum absolute atomic E-state index is 0.147. The third-order valence-electron chi connectivity index (χ3n) is 1.88. The first-order valence-electron chi connectivity index (χ1n) is 4.42. The molecule has 0 saturated carbocycles. The van der Waals surface area contributed by atoms with E-state index in [1.165, 1.54) is 12.1 Å². The van der Waals surface area contributed by atoms with Gasteiger partial charge in [-0.3, -0.25) is 9.78 Å². The largest absolute Gasteiger partial charge is 0.434 e. The maximum atomic E-state index is 12.2. The van der Waals surface area contributed by atoms with Crippen LogP contribution in [0, 0.1) is 0 Å². The average Bonchev–Trinajstić information content (AvgIpc) is 2.29. The summed E-state index contributed by atoms with van der Waals surface area (Å²) in [6.45, 7) is 0. The Bertz CT molecular complexity index is 556. The van der Waals surface area contributed by atoms with Gasteiger partial charge >= 0.3 is 6.18 Å². The standard InChI is InChI=1S/C9H5F3N4O/c10-9(11,12)7-4-13-6(3-14-7)5-1-2-8(17)16-15-5/h1-4H,(H,16,17). The lowest BCUT2D eigenvalue weighted by Crippen LogP contribution is -2.09. The van der Waals surface area contributed by atoms with Gasteiger partial charge in [-0.15, -0.1) is 0 Å². The van der Waals surface area contributed by atoms with Crippen LogP contribution in [0.3, 0.4) is 0 Å². The maximum Gasteiger partial charge on any atom is 0.434 e. The van der Waals surface area contributed by atoms with Gasteiger partial charge in [0.1, 0.15) is 11.4 Å². The molecule has 0 atom stereocenters. The fraction of sp³-hybridized carbons (Fsp3) is 0.111. The zero-order valence-electron chi connectivity index (χ0n) is 8.19. The van der Waals surface area contributed by atoms with Crippen LogP contribution in [0.25, 0.3) is 11.4 Å². The topological polar surface area (TPSA) is 71.5 Å². The van der Waals surface area contributed by atoms with Crippen LogP contribution in [0.2, 0.25) is 0 Å². The van der Waals surface area contributed by atoms with Gasteiger partial charge in [0.05, 0.1) is 12.4 Å². The molecule has 88 valence electrons. The molecule has 0 aliphatic heterocycles. The van der Waals surface area contributed by atoms with Crippen molar-refractivity contribution in [3.8, 4) is 11.4 Å². The number of hydrogen-bond acceptors (Lipinski definition) is 4. The number of rotatable bonds is 1. The number of hydrogen-bond donors (Lipinski definition) is 1. The quantitative estimate of drug-likeness (QED) is 0.816. The molecule has 2 aromatic heterocycles. The highest BCUT2D eigenvalue weighted by Gasteiger charge is 2.32. The van der Waals surface area contributed by atoms with Crippen molar-refractivity contribution in [2.75, 3.05) is 0 Å². The van der Waals surface area contributed by atoms with E-state index >= 15 is 0 Å². The first kappa shape index (κ1) is 11.2. The van der Waals surface area contributed by atoms with Crippen LogP contribution >= 0.6 is 0 Å². The van der Waals surface area contributed by atoms with Crippen LogP contribution in [0.15, 0.2) is 29.3 Å². The number of nitrogens with zero attached hydrogens (tertiary/aromatic N) is 3. The predicted molar refractivity (Wildman–Crippen MR) is 50.9 cm³/mol. The van der Waals surface area contributed by atoms with E-state index in [-0.39, 0.29) is 11.4 Å². The van der Waals surface area contributed by atoms with Crippen molar-refractivity contribution in [2.45, 2.75) is 6.18 Å². The number of alkyl halides is 3. The summed E-state index contributed by atoms with van der Waals surface area (Å²) in [5, 5.41) is 5.77. The Labute approximate surface area is 92.4 Å². The van der Waals surface area contributed by atoms with Gasteiger partial charge in [-0.1, -0.05) is 0 Å². The van der Waals surface area contributed by atoms with Crippen LogP contribution < -0.4 is 5.56 Å². The smallest absolute Gasteiger partial charge is 0.268 e. The van der Waals surface area contributed by atoms with E-state index in [1.54, 1.807) is 0 Å². The van der Waals surface area contributed by atoms with Gasteiger partial charge in [0.2, 0.25) is 0 Å². The average molecular weight is 242 g/mol. The molecule has 2 aromatic rings. The summed E-state index contributed by atoms with van der Waals surface area (Å²) in [5.74, 6) is 0. The second-order valence-electron chi connectivity index (χ2n) is 3.09. The van der Waals surface area contributed by atoms with Gasteiger partial charge in [-0.25, -0.2) is 10.1 Å². The Kier molecular flexibility index (Phi) is 2.62. The minimum atomic E-state index is -4.52. The lowest BCUT2D eigenvalue weighted by atomic mass is 10.3. The second-order valence-corrected chi connectivity index (χ2v) is 3.09. The zero-order valence-corrected chi connectivity index (χ0v) is 8.19. The van der Waals surface area contributed by atoms with Crippen molar-refractivity contribution in [3.63, 3.8) is 0 Å². The Balaban J connectivity index is 2.36. The van der Waals surface area contributed by atoms with Gasteiger partial charge in [0.25, 0.3) is 5.56 Å². The molecule has 0 saturated heterocycles. The highest BCUT2D eigenvalue weighted by atomic mass is 19.4. The number of halogens is 3. The third kappa shape index (κ3) is 2.47. The van der Waals surface area contributed by atoms with E-state index in [0.717, 1.165) is 6.20 Å². The van der Waals surface area contributed by atoms with Gasteiger partial charge in [0.15, 0.2) is 5.69 Å². The summed E-state index contributed by atoms with van der Waals surface area (Å²) < 4.78 is 36.6. The summed E-state index contributed by atoms with van der Waals surface area (Å²) in [6, 6.07) is 2.54. The van der Waals surface area contributed by atoms with Crippen LogP contribution in [0.5, 0.6) is 0 Å². The molecule has 0 bridgehead atoms. The molecule has 17 heavy (non-hydrogen) atoms. The molecule has 0 unspecified atom stereocenters. The molecule has 0 aliphatic rings. The first-order valence-corrected chi connectivity index (χ1v) is 4.42. The van der Waals surface area contributed by atoms with Gasteiger partial charge < -0.3 is 0 Å². The molecular formula is C9H5F3N4O. The van der Waals surface area contributed by atoms with E-state index in [4.69, 9.17) is 0 Å². The Hall–Kier alpha value is -2.25. The van der Waals surface area contributed by atoms with Crippen molar-refractivity contribution in [3.05, 3.63) is 40.6 Å². The summed E-state index contributed by atoms with van der Waals surface area (Å²) in [7, 11) is 0. The van der Waals surface area contributed by atoms with E-state index < -0.39 is 17.4 Å². The number of nitrogens with one attached hydrogen (secondary N) is 1. The van der Waals surface area contributed by atoms with Crippen molar-refractivity contribution in [1.82, 2.24) is 20.2 Å². The number of H-pyrrole nitrogens is 1. The van der Waals surface area contributed by atoms with Crippen LogP contribution in [0.4, 0.5) is 13.2 Å². The summed E-state index contributed by atoms with van der Waals surface area (Å²) in [6.07, 6.45) is -2.96. The van der Waals surface area contributed by atoms with Crippen molar-refractivity contribution in [1.29, 1.82) is 0 Å². The van der Waals surface area contributed by atoms with E-state index in [1.807, 2.05) is 0 Å². The van der Waals surface area contributed by atoms with E-state index in [2.05, 4.69) is 20.2 Å². The molecule has 8 heteroatoms. The maximum absolute atomic E-state index is 12.2. The molecule has 1 N–H and O–H groups in total. The van der Waals surface area contributed by atoms with Crippen molar-refractivity contribution < 1.29 is 13.2 Å². The normalized spacial score (nSPS) is 11.5. The fourth-order valence-electron chi connectivity index (χ4n) is 1.09. The molecule has 0 amide bonds. The second kappa shape index (κ2) is 3.96. The summed E-state index contributed by atoms with van der Waals surface area (Å²) in [4.78, 5) is 17.5. The molecule has 0 radical (unpaired) electrons. The highest BCUT2D eigenvalue weighted by Crippen LogP contribution is 2.27. The molecule has 0 fully saturated rings. The number of aromatic amines is 1. The molecule has 2 heterocycles. The predicted octanol–water partition coefficient (Wildman–Crippen LogP) is 1.25. The Morgan fingerprint density at radius 3 is 2.29 bits per heavy atom. The fourth-order valence-corrected chi connectivity index (χ4v) is 1.09. The summed E-state index contributed by atoms with van der Waals surface area (Å²) in [5.41, 5.74) is -1.10. The van der Waals surface area contributed by atoms with Crippen LogP contribution in [-0.4, -0.2) is 20.2 Å². The number of aromatic nitrogens is 4. The Morgan fingerprint density at radius 1 is 1.06 bits per heavy atom. The monoisotopic (exact) mass is 242 g/mol. The molecule has 0 aromatic carbocycles. The van der Waals surface area contributed by atoms with Gasteiger partial charge in [0, 0.05) is 6.07 Å². The SMILES string of the molecule is O=c1ccc(-c2cnc(C(F)(F)F)cn2)n[nH]1. The minimum Gasteiger partial charge on any atom is -0.268 e. The first-order chi connectivity index (χ1) is 7.97. The molecule has 5 nitrogen and oxygen atoms in total. The van der Waals surface area contributed by atoms with E-state index in [0.29, 0.717) is 6.20 Å².